The van der Waals surface area contributed by atoms with Crippen LogP contribution in [-0.4, -0.2) is 22.8 Å². The first kappa shape index (κ1) is 11.6. The molecule has 0 aliphatic heterocycles. The van der Waals surface area contributed by atoms with Gasteiger partial charge in [0.1, 0.15) is 0 Å². The maximum atomic E-state index is 10.8. The zero-order chi connectivity index (χ0) is 11.3. The second-order valence-electron chi connectivity index (χ2n) is 2.74. The molecule has 0 unspecified atom stereocenters. The maximum absolute atomic E-state index is 10.8. The van der Waals surface area contributed by atoms with Crippen molar-refractivity contribution >= 4 is 17.6 Å². The van der Waals surface area contributed by atoms with Crippen LogP contribution in [-0.2, 0) is 0 Å². The Morgan fingerprint density at radius 2 is 2.20 bits per heavy atom. The van der Waals surface area contributed by atoms with E-state index < -0.39 is 5.97 Å². The average molecular weight is 225 g/mol. The summed E-state index contributed by atoms with van der Waals surface area (Å²) >= 11 is 5.82. The second kappa shape index (κ2) is 5.40. The third kappa shape index (κ3) is 2.98. The summed E-state index contributed by atoms with van der Waals surface area (Å²) in [4.78, 5) is 10.8. The fraction of sp³-hybridized carbons (Fsp3) is 0.182. The molecule has 3 nitrogen and oxygen atoms in total. The predicted molar refractivity (Wildman–Crippen MR) is 57.0 cm³/mol. The number of aromatic carboxylic acids is 1. The molecule has 4 heteroatoms. The Morgan fingerprint density at radius 1 is 1.47 bits per heavy atom. The normalized spacial score (nSPS) is 9.20. The van der Waals surface area contributed by atoms with Crippen LogP contribution in [0.3, 0.4) is 0 Å². The number of rotatable bonds is 2. The standard InChI is InChI=1S/C11H9ClO3/c12-10-6-3-5-9(11(14)15)8(10)4-1-2-7-13/h3,5-6,13H,2,7H2,(H,14,15). The van der Waals surface area contributed by atoms with E-state index in [0.717, 1.165) is 0 Å². The number of carboxylic acid groups (broad SMARTS) is 1. The topological polar surface area (TPSA) is 57.5 Å². The van der Waals surface area contributed by atoms with Crippen molar-refractivity contribution in [2.45, 2.75) is 6.42 Å². The van der Waals surface area contributed by atoms with Crippen molar-refractivity contribution in [2.24, 2.45) is 0 Å². The van der Waals surface area contributed by atoms with Crippen molar-refractivity contribution in [1.29, 1.82) is 0 Å². The van der Waals surface area contributed by atoms with Gasteiger partial charge in [-0.2, -0.15) is 0 Å². The first-order chi connectivity index (χ1) is 7.16. The number of halogens is 1. The Balaban J connectivity index is 3.15. The Kier molecular flexibility index (Phi) is 4.17. The smallest absolute Gasteiger partial charge is 0.337 e. The minimum Gasteiger partial charge on any atom is -0.478 e. The molecule has 0 atom stereocenters. The summed E-state index contributed by atoms with van der Waals surface area (Å²) in [5.41, 5.74) is 0.369. The van der Waals surface area contributed by atoms with Crippen LogP contribution in [0.5, 0.6) is 0 Å². The number of aliphatic hydroxyl groups is 1. The fourth-order valence-corrected chi connectivity index (χ4v) is 1.26. The summed E-state index contributed by atoms with van der Waals surface area (Å²) in [5, 5.41) is 17.7. The second-order valence-corrected chi connectivity index (χ2v) is 3.15. The van der Waals surface area contributed by atoms with Gasteiger partial charge in [0.05, 0.1) is 22.8 Å². The Labute approximate surface area is 92.3 Å². The molecule has 1 rings (SSSR count). The maximum Gasteiger partial charge on any atom is 0.337 e. The molecule has 0 saturated heterocycles. The molecule has 78 valence electrons. The van der Waals surface area contributed by atoms with Gasteiger partial charge >= 0.3 is 5.97 Å². The Bertz CT molecular complexity index is 429. The number of carbonyl (C=O) groups is 1. The zero-order valence-corrected chi connectivity index (χ0v) is 8.58. The van der Waals surface area contributed by atoms with Gasteiger partial charge in [-0.1, -0.05) is 29.5 Å². The van der Waals surface area contributed by atoms with Gasteiger partial charge in [0, 0.05) is 6.42 Å². The SMILES string of the molecule is O=C(O)c1cccc(Cl)c1C#CCCO. The van der Waals surface area contributed by atoms with E-state index in [4.69, 9.17) is 21.8 Å². The molecule has 0 heterocycles. The molecule has 1 aromatic rings. The van der Waals surface area contributed by atoms with Gasteiger partial charge in [-0.25, -0.2) is 4.79 Å². The van der Waals surface area contributed by atoms with Crippen molar-refractivity contribution in [3.8, 4) is 11.8 Å². The predicted octanol–water partition coefficient (Wildman–Crippen LogP) is 1.77. The highest BCUT2D eigenvalue weighted by atomic mass is 35.5. The van der Waals surface area contributed by atoms with E-state index in [0.29, 0.717) is 17.0 Å². The van der Waals surface area contributed by atoms with Gasteiger partial charge in [-0.05, 0) is 12.1 Å². The number of aliphatic hydroxyl groups excluding tert-OH is 1. The van der Waals surface area contributed by atoms with Gasteiger partial charge in [-0.15, -0.1) is 0 Å². The van der Waals surface area contributed by atoms with Crippen LogP contribution >= 0.6 is 11.6 Å². The lowest BCUT2D eigenvalue weighted by Gasteiger charge is -2.00. The minimum absolute atomic E-state index is 0.0557. The van der Waals surface area contributed by atoms with Crippen LogP contribution in [0.2, 0.25) is 5.02 Å². The van der Waals surface area contributed by atoms with Crippen LogP contribution in [0, 0.1) is 11.8 Å². The summed E-state index contributed by atoms with van der Waals surface area (Å²) < 4.78 is 0. The van der Waals surface area contributed by atoms with E-state index in [1.165, 1.54) is 6.07 Å². The third-order valence-corrected chi connectivity index (χ3v) is 2.01. The molecule has 2 N–H and O–H groups in total. The molecule has 0 spiro atoms. The summed E-state index contributed by atoms with van der Waals surface area (Å²) in [6.07, 6.45) is 0.296. The average Bonchev–Trinajstić information content (AvgIpc) is 2.20. The quantitative estimate of drug-likeness (QED) is 0.753. The van der Waals surface area contributed by atoms with Gasteiger partial charge in [-0.3, -0.25) is 0 Å². The van der Waals surface area contributed by atoms with Crippen LogP contribution in [0.1, 0.15) is 22.3 Å². The molecule has 0 aromatic heterocycles. The van der Waals surface area contributed by atoms with E-state index in [1.54, 1.807) is 12.1 Å². The van der Waals surface area contributed by atoms with E-state index in [9.17, 15) is 4.79 Å². The number of benzene rings is 1. The minimum atomic E-state index is -1.06. The molecular weight excluding hydrogens is 216 g/mol. The van der Waals surface area contributed by atoms with E-state index in [-0.39, 0.29) is 12.2 Å². The number of hydrogen-bond acceptors (Lipinski definition) is 2. The molecule has 0 saturated carbocycles. The zero-order valence-electron chi connectivity index (χ0n) is 7.83. The lowest BCUT2D eigenvalue weighted by atomic mass is 10.1. The van der Waals surface area contributed by atoms with E-state index in [2.05, 4.69) is 11.8 Å². The Hall–Kier alpha value is -1.50. The molecule has 15 heavy (non-hydrogen) atoms. The largest absolute Gasteiger partial charge is 0.478 e. The first-order valence-electron chi connectivity index (χ1n) is 4.28. The molecule has 0 aliphatic carbocycles. The van der Waals surface area contributed by atoms with Crippen LogP contribution in [0.25, 0.3) is 0 Å². The van der Waals surface area contributed by atoms with Crippen LogP contribution in [0.15, 0.2) is 18.2 Å². The first-order valence-corrected chi connectivity index (χ1v) is 4.66. The molecular formula is C11H9ClO3. The molecule has 1 aromatic carbocycles. The summed E-state index contributed by atoms with van der Waals surface area (Å²) in [6, 6.07) is 4.58. The highest BCUT2D eigenvalue weighted by Gasteiger charge is 2.10. The third-order valence-electron chi connectivity index (χ3n) is 1.69. The van der Waals surface area contributed by atoms with E-state index >= 15 is 0 Å². The monoisotopic (exact) mass is 224 g/mol. The van der Waals surface area contributed by atoms with Gasteiger partial charge in [0.15, 0.2) is 0 Å². The lowest BCUT2D eigenvalue weighted by molar-refractivity contribution is 0.0696. The molecule has 0 aliphatic rings. The molecule has 0 radical (unpaired) electrons. The fourth-order valence-electron chi connectivity index (χ4n) is 1.04. The lowest BCUT2D eigenvalue weighted by Crippen LogP contribution is -2.00. The van der Waals surface area contributed by atoms with Crippen LogP contribution < -0.4 is 0 Å². The van der Waals surface area contributed by atoms with Gasteiger partial charge in [0.25, 0.3) is 0 Å². The number of hydrogen-bond donors (Lipinski definition) is 2. The highest BCUT2D eigenvalue weighted by molar-refractivity contribution is 6.32. The molecule has 0 amide bonds. The molecule has 0 bridgehead atoms. The number of carboxylic acids is 1. The molecule has 0 fully saturated rings. The summed E-state index contributed by atoms with van der Waals surface area (Å²) in [6.45, 7) is -0.0557. The van der Waals surface area contributed by atoms with E-state index in [1.807, 2.05) is 0 Å². The van der Waals surface area contributed by atoms with Crippen molar-refractivity contribution in [1.82, 2.24) is 0 Å². The summed E-state index contributed by atoms with van der Waals surface area (Å²) in [7, 11) is 0. The Morgan fingerprint density at radius 3 is 2.80 bits per heavy atom. The highest BCUT2D eigenvalue weighted by Crippen LogP contribution is 2.18. The van der Waals surface area contributed by atoms with Crippen molar-refractivity contribution < 1.29 is 15.0 Å². The van der Waals surface area contributed by atoms with Crippen LogP contribution in [0.4, 0.5) is 0 Å². The van der Waals surface area contributed by atoms with Crippen molar-refractivity contribution in [3.63, 3.8) is 0 Å². The van der Waals surface area contributed by atoms with Gasteiger partial charge < -0.3 is 10.2 Å². The van der Waals surface area contributed by atoms with Gasteiger partial charge in [0.2, 0.25) is 0 Å². The van der Waals surface area contributed by atoms with Crippen molar-refractivity contribution in [2.75, 3.05) is 6.61 Å². The summed E-state index contributed by atoms with van der Waals surface area (Å²) in [5.74, 6) is 4.22. The van der Waals surface area contributed by atoms with Crippen molar-refractivity contribution in [3.05, 3.63) is 34.3 Å².